The molecule has 5 nitrogen and oxygen atoms in total. The molecule has 0 aromatic heterocycles. The Hall–Kier alpha value is -2.04. The van der Waals surface area contributed by atoms with Crippen molar-refractivity contribution < 1.29 is 14.3 Å². The van der Waals surface area contributed by atoms with Crippen molar-refractivity contribution in [2.24, 2.45) is 17.8 Å². The summed E-state index contributed by atoms with van der Waals surface area (Å²) in [5.74, 6) is 1.01. The first-order chi connectivity index (χ1) is 12.4. The lowest BCUT2D eigenvalue weighted by Gasteiger charge is -2.30. The lowest BCUT2D eigenvalue weighted by Crippen LogP contribution is -2.50. The van der Waals surface area contributed by atoms with E-state index in [1.54, 1.807) is 0 Å². The Bertz CT molecular complexity index is 598. The normalized spacial score (nSPS) is 21.1. The standard InChI is InChI=1S/C21H32N2O3/c1-5-26-17-12-10-16(11-13-17)22-21(25)19(14(2)3)23-20(24)18-9-7-6-8-15(18)4/h10-15,18-19H,5-9H2,1-4H3,(H,22,25)(H,23,24)/t15-,18-,19+/m0/s1. The molecule has 0 aliphatic heterocycles. The van der Waals surface area contributed by atoms with Gasteiger partial charge in [-0.15, -0.1) is 0 Å². The molecular weight excluding hydrogens is 328 g/mol. The highest BCUT2D eigenvalue weighted by molar-refractivity contribution is 5.97. The summed E-state index contributed by atoms with van der Waals surface area (Å²) in [6.45, 7) is 8.57. The van der Waals surface area contributed by atoms with Crippen LogP contribution in [0, 0.1) is 17.8 Å². The number of rotatable bonds is 7. The van der Waals surface area contributed by atoms with Crippen LogP contribution in [0.4, 0.5) is 5.69 Å². The lowest BCUT2D eigenvalue weighted by molar-refractivity contribution is -0.132. The topological polar surface area (TPSA) is 67.4 Å². The van der Waals surface area contributed by atoms with Gasteiger partial charge in [-0.05, 0) is 55.9 Å². The van der Waals surface area contributed by atoms with Crippen LogP contribution in [0.15, 0.2) is 24.3 Å². The molecule has 1 aliphatic rings. The minimum atomic E-state index is -0.539. The molecule has 0 saturated heterocycles. The molecule has 1 fully saturated rings. The Labute approximate surface area is 156 Å². The van der Waals surface area contributed by atoms with Crippen molar-refractivity contribution in [3.8, 4) is 5.75 Å². The second kappa shape index (κ2) is 9.60. The van der Waals surface area contributed by atoms with Crippen LogP contribution in [0.5, 0.6) is 5.75 Å². The molecular formula is C21H32N2O3. The number of benzene rings is 1. The molecule has 2 amide bonds. The summed E-state index contributed by atoms with van der Waals surface area (Å²) in [6.07, 6.45) is 4.28. The van der Waals surface area contributed by atoms with Crippen molar-refractivity contribution in [3.63, 3.8) is 0 Å². The van der Waals surface area contributed by atoms with Gasteiger partial charge in [0.2, 0.25) is 11.8 Å². The summed E-state index contributed by atoms with van der Waals surface area (Å²) in [6, 6.07) is 6.73. The van der Waals surface area contributed by atoms with Gasteiger partial charge in [-0.3, -0.25) is 9.59 Å². The number of carbonyl (C=O) groups is 2. The van der Waals surface area contributed by atoms with E-state index in [-0.39, 0.29) is 23.7 Å². The van der Waals surface area contributed by atoms with Gasteiger partial charge in [0.1, 0.15) is 11.8 Å². The molecule has 0 spiro atoms. The molecule has 0 bridgehead atoms. The zero-order valence-corrected chi connectivity index (χ0v) is 16.4. The van der Waals surface area contributed by atoms with Gasteiger partial charge in [-0.1, -0.05) is 33.6 Å². The smallest absolute Gasteiger partial charge is 0.247 e. The summed E-state index contributed by atoms with van der Waals surface area (Å²) < 4.78 is 5.41. The lowest BCUT2D eigenvalue weighted by atomic mass is 9.79. The molecule has 3 atom stereocenters. The Balaban J connectivity index is 1.99. The van der Waals surface area contributed by atoms with E-state index in [0.29, 0.717) is 18.2 Å². The first-order valence-electron chi connectivity index (χ1n) is 9.76. The van der Waals surface area contributed by atoms with Crippen LogP contribution < -0.4 is 15.4 Å². The number of hydrogen-bond donors (Lipinski definition) is 2. The molecule has 1 aromatic carbocycles. The number of anilines is 1. The third-order valence-electron chi connectivity index (χ3n) is 5.13. The largest absolute Gasteiger partial charge is 0.494 e. The van der Waals surface area contributed by atoms with E-state index in [1.165, 1.54) is 6.42 Å². The van der Waals surface area contributed by atoms with E-state index in [2.05, 4.69) is 17.6 Å². The highest BCUT2D eigenvalue weighted by Gasteiger charge is 2.32. The third kappa shape index (κ3) is 5.48. The van der Waals surface area contributed by atoms with Gasteiger partial charge in [-0.2, -0.15) is 0 Å². The monoisotopic (exact) mass is 360 g/mol. The van der Waals surface area contributed by atoms with Gasteiger partial charge in [0.05, 0.1) is 6.61 Å². The van der Waals surface area contributed by atoms with Gasteiger partial charge in [0.15, 0.2) is 0 Å². The van der Waals surface area contributed by atoms with Crippen molar-refractivity contribution in [3.05, 3.63) is 24.3 Å². The van der Waals surface area contributed by atoms with Crippen molar-refractivity contribution in [1.29, 1.82) is 0 Å². The van der Waals surface area contributed by atoms with Gasteiger partial charge in [-0.25, -0.2) is 0 Å². The fraction of sp³-hybridized carbons (Fsp3) is 0.619. The molecule has 1 aliphatic carbocycles. The van der Waals surface area contributed by atoms with Crippen LogP contribution in [0.1, 0.15) is 53.4 Å². The first kappa shape index (κ1) is 20.3. The molecule has 26 heavy (non-hydrogen) atoms. The first-order valence-corrected chi connectivity index (χ1v) is 9.76. The second-order valence-electron chi connectivity index (χ2n) is 7.55. The number of ether oxygens (including phenoxy) is 1. The Kier molecular flexibility index (Phi) is 7.49. The van der Waals surface area contributed by atoms with Gasteiger partial charge >= 0.3 is 0 Å². The predicted molar refractivity (Wildman–Crippen MR) is 104 cm³/mol. The maximum absolute atomic E-state index is 12.7. The van der Waals surface area contributed by atoms with Crippen LogP contribution in [0.2, 0.25) is 0 Å². The van der Waals surface area contributed by atoms with Crippen molar-refractivity contribution >= 4 is 17.5 Å². The molecule has 0 radical (unpaired) electrons. The molecule has 1 saturated carbocycles. The van der Waals surface area contributed by atoms with E-state index in [0.717, 1.165) is 25.0 Å². The van der Waals surface area contributed by atoms with Crippen molar-refractivity contribution in [1.82, 2.24) is 5.32 Å². The predicted octanol–water partition coefficient (Wildman–Crippen LogP) is 3.99. The maximum atomic E-state index is 12.7. The molecule has 0 heterocycles. The van der Waals surface area contributed by atoms with Crippen LogP contribution in [-0.4, -0.2) is 24.5 Å². The fourth-order valence-electron chi connectivity index (χ4n) is 3.52. The second-order valence-corrected chi connectivity index (χ2v) is 7.55. The average molecular weight is 360 g/mol. The SMILES string of the molecule is CCOc1ccc(NC(=O)[C@H](NC(=O)[C@H]2CCCC[C@@H]2C)C(C)C)cc1. The van der Waals surface area contributed by atoms with Crippen molar-refractivity contribution in [2.75, 3.05) is 11.9 Å². The molecule has 1 aromatic rings. The van der Waals surface area contributed by atoms with Crippen molar-refractivity contribution in [2.45, 2.75) is 59.4 Å². The molecule has 0 unspecified atom stereocenters. The highest BCUT2D eigenvalue weighted by Crippen LogP contribution is 2.30. The van der Waals surface area contributed by atoms with Gasteiger partial charge < -0.3 is 15.4 Å². The summed E-state index contributed by atoms with van der Waals surface area (Å²) in [5, 5.41) is 5.90. The van der Waals surface area contributed by atoms with E-state index >= 15 is 0 Å². The summed E-state index contributed by atoms with van der Waals surface area (Å²) in [4.78, 5) is 25.4. The van der Waals surface area contributed by atoms with E-state index in [9.17, 15) is 9.59 Å². The minimum Gasteiger partial charge on any atom is -0.494 e. The zero-order chi connectivity index (χ0) is 19.1. The van der Waals surface area contributed by atoms with E-state index < -0.39 is 6.04 Å². The van der Waals surface area contributed by atoms with Gasteiger partial charge in [0, 0.05) is 11.6 Å². The molecule has 2 N–H and O–H groups in total. The average Bonchev–Trinajstić information content (AvgIpc) is 2.61. The highest BCUT2D eigenvalue weighted by atomic mass is 16.5. The Morgan fingerprint density at radius 2 is 1.81 bits per heavy atom. The van der Waals surface area contributed by atoms with E-state index in [1.807, 2.05) is 45.0 Å². The van der Waals surface area contributed by atoms with E-state index in [4.69, 9.17) is 4.74 Å². The van der Waals surface area contributed by atoms with Crippen LogP contribution in [0.25, 0.3) is 0 Å². The number of amides is 2. The quantitative estimate of drug-likeness (QED) is 0.772. The molecule has 144 valence electrons. The zero-order valence-electron chi connectivity index (χ0n) is 16.4. The summed E-state index contributed by atoms with van der Waals surface area (Å²) in [5.41, 5.74) is 0.699. The summed E-state index contributed by atoms with van der Waals surface area (Å²) >= 11 is 0. The number of nitrogens with one attached hydrogen (secondary N) is 2. The van der Waals surface area contributed by atoms with Crippen LogP contribution in [0.3, 0.4) is 0 Å². The summed E-state index contributed by atoms with van der Waals surface area (Å²) in [7, 11) is 0. The number of carbonyl (C=O) groups excluding carboxylic acids is 2. The fourth-order valence-corrected chi connectivity index (χ4v) is 3.52. The van der Waals surface area contributed by atoms with Crippen LogP contribution in [-0.2, 0) is 9.59 Å². The van der Waals surface area contributed by atoms with Crippen LogP contribution >= 0.6 is 0 Å². The Morgan fingerprint density at radius 1 is 1.15 bits per heavy atom. The molecule has 5 heteroatoms. The maximum Gasteiger partial charge on any atom is 0.247 e. The number of hydrogen-bond acceptors (Lipinski definition) is 3. The minimum absolute atomic E-state index is 0.0118. The Morgan fingerprint density at radius 3 is 2.38 bits per heavy atom. The molecule has 2 rings (SSSR count). The van der Waals surface area contributed by atoms with Gasteiger partial charge in [0.25, 0.3) is 0 Å². The third-order valence-corrected chi connectivity index (χ3v) is 5.13.